The molecule has 0 spiro atoms. The van der Waals surface area contributed by atoms with Crippen LogP contribution in [0.15, 0.2) is 42.5 Å². The molecule has 32 heavy (non-hydrogen) atoms. The van der Waals surface area contributed by atoms with Crippen LogP contribution in [0.25, 0.3) is 11.0 Å². The zero-order chi connectivity index (χ0) is 22.5. The summed E-state index contributed by atoms with van der Waals surface area (Å²) in [6, 6.07) is 14.0. The van der Waals surface area contributed by atoms with Gasteiger partial charge in [-0.2, -0.15) is 0 Å². The van der Waals surface area contributed by atoms with Crippen LogP contribution in [-0.2, 0) is 17.8 Å². The number of benzene rings is 2. The van der Waals surface area contributed by atoms with Gasteiger partial charge in [0.2, 0.25) is 11.9 Å². The van der Waals surface area contributed by atoms with Gasteiger partial charge in [-0.15, -0.1) is 0 Å². The summed E-state index contributed by atoms with van der Waals surface area (Å²) in [6.45, 7) is 11.0. The van der Waals surface area contributed by atoms with Gasteiger partial charge in [-0.25, -0.2) is 4.98 Å². The molecule has 7 heteroatoms. The predicted octanol–water partition coefficient (Wildman–Crippen LogP) is 3.74. The van der Waals surface area contributed by atoms with Crippen molar-refractivity contribution >= 4 is 22.9 Å². The van der Waals surface area contributed by atoms with Crippen LogP contribution < -0.4 is 14.4 Å². The molecule has 1 saturated heterocycles. The number of imidazole rings is 1. The van der Waals surface area contributed by atoms with E-state index in [-0.39, 0.29) is 5.91 Å². The first-order chi connectivity index (χ1) is 15.6. The van der Waals surface area contributed by atoms with Gasteiger partial charge in [0.1, 0.15) is 0 Å². The number of carbonyl (C=O) groups excluding carboxylic acids is 1. The van der Waals surface area contributed by atoms with Crippen molar-refractivity contribution in [2.45, 2.75) is 33.7 Å². The van der Waals surface area contributed by atoms with Gasteiger partial charge in [-0.1, -0.05) is 18.2 Å². The first-order valence-electron chi connectivity index (χ1n) is 11.5. The molecule has 4 rings (SSSR count). The Hall–Kier alpha value is -3.22. The summed E-state index contributed by atoms with van der Waals surface area (Å²) >= 11 is 0. The molecule has 1 aliphatic rings. The van der Waals surface area contributed by atoms with Gasteiger partial charge in [-0.3, -0.25) is 4.79 Å². The summed E-state index contributed by atoms with van der Waals surface area (Å²) in [4.78, 5) is 22.1. The van der Waals surface area contributed by atoms with Crippen LogP contribution in [0.3, 0.4) is 0 Å². The molecule has 0 radical (unpaired) electrons. The molecule has 1 fully saturated rings. The predicted molar refractivity (Wildman–Crippen MR) is 127 cm³/mol. The van der Waals surface area contributed by atoms with Crippen molar-refractivity contribution < 1.29 is 14.3 Å². The Balaban J connectivity index is 1.40. The fraction of sp³-hybridized carbons (Fsp3) is 0.440. The Morgan fingerprint density at radius 1 is 0.938 bits per heavy atom. The van der Waals surface area contributed by atoms with Crippen molar-refractivity contribution in [1.82, 2.24) is 14.5 Å². The van der Waals surface area contributed by atoms with E-state index in [1.807, 2.05) is 43.0 Å². The van der Waals surface area contributed by atoms with Crippen molar-refractivity contribution in [3.05, 3.63) is 48.0 Å². The standard InChI is InChI=1S/C25H32N4O3/c1-4-29-21-10-8-7-9-20(21)26-25(29)28-15-13-27(14-16-28)24(30)18-19-11-12-22(31-5-2)23(17-19)32-6-3/h7-12,17H,4-6,13-16,18H2,1-3H3. The van der Waals surface area contributed by atoms with Crippen LogP contribution >= 0.6 is 0 Å². The average Bonchev–Trinajstić information content (AvgIpc) is 3.20. The highest BCUT2D eigenvalue weighted by Crippen LogP contribution is 2.29. The molecule has 1 aromatic heterocycles. The minimum atomic E-state index is 0.139. The van der Waals surface area contributed by atoms with Crippen LogP contribution in [-0.4, -0.2) is 59.8 Å². The third-order valence-corrected chi connectivity index (χ3v) is 5.83. The monoisotopic (exact) mass is 436 g/mol. The fourth-order valence-corrected chi connectivity index (χ4v) is 4.26. The molecule has 7 nitrogen and oxygen atoms in total. The molecule has 2 heterocycles. The smallest absolute Gasteiger partial charge is 0.227 e. The maximum absolute atomic E-state index is 13.0. The quantitative estimate of drug-likeness (QED) is 0.538. The number of ether oxygens (including phenoxy) is 2. The van der Waals surface area contributed by atoms with Gasteiger partial charge in [0.15, 0.2) is 11.5 Å². The molecule has 170 valence electrons. The van der Waals surface area contributed by atoms with E-state index >= 15 is 0 Å². The highest BCUT2D eigenvalue weighted by Gasteiger charge is 2.25. The number of fused-ring (bicyclic) bond motifs is 1. The average molecular weight is 437 g/mol. The molecule has 0 N–H and O–H groups in total. The molecule has 2 aromatic carbocycles. The van der Waals surface area contributed by atoms with Crippen LogP contribution in [0.4, 0.5) is 5.95 Å². The fourth-order valence-electron chi connectivity index (χ4n) is 4.26. The highest BCUT2D eigenvalue weighted by molar-refractivity contribution is 5.80. The number of hydrogen-bond acceptors (Lipinski definition) is 5. The van der Waals surface area contributed by atoms with Crippen LogP contribution in [0.2, 0.25) is 0 Å². The molecule has 0 atom stereocenters. The van der Waals surface area contributed by atoms with E-state index in [2.05, 4.69) is 34.6 Å². The first-order valence-corrected chi connectivity index (χ1v) is 11.5. The normalized spacial score (nSPS) is 14.1. The van der Waals surface area contributed by atoms with E-state index in [1.54, 1.807) is 0 Å². The van der Waals surface area contributed by atoms with Gasteiger partial charge >= 0.3 is 0 Å². The molecule has 0 unspecified atom stereocenters. The number of hydrogen-bond donors (Lipinski definition) is 0. The Morgan fingerprint density at radius 3 is 2.38 bits per heavy atom. The van der Waals surface area contributed by atoms with Crippen molar-refractivity contribution in [1.29, 1.82) is 0 Å². The van der Waals surface area contributed by atoms with E-state index in [4.69, 9.17) is 14.5 Å². The SMILES string of the molecule is CCOc1ccc(CC(=O)N2CCN(c3nc4ccccc4n3CC)CC2)cc1OCC. The number of piperazine rings is 1. The summed E-state index contributed by atoms with van der Waals surface area (Å²) in [5.41, 5.74) is 3.12. The van der Waals surface area contributed by atoms with Gasteiger partial charge in [-0.05, 0) is 50.6 Å². The molecule has 0 saturated carbocycles. The lowest BCUT2D eigenvalue weighted by molar-refractivity contribution is -0.130. The molecule has 1 aliphatic heterocycles. The Bertz CT molecular complexity index is 1070. The Labute approximate surface area is 189 Å². The van der Waals surface area contributed by atoms with E-state index in [0.717, 1.165) is 47.9 Å². The third kappa shape index (κ3) is 4.52. The van der Waals surface area contributed by atoms with Gasteiger partial charge in [0, 0.05) is 32.7 Å². The molecule has 1 amide bonds. The molecule has 0 aliphatic carbocycles. The number of amides is 1. The molecular weight excluding hydrogens is 404 g/mol. The lowest BCUT2D eigenvalue weighted by Crippen LogP contribution is -2.49. The van der Waals surface area contributed by atoms with Crippen LogP contribution in [0, 0.1) is 0 Å². The van der Waals surface area contributed by atoms with E-state index in [9.17, 15) is 4.79 Å². The summed E-state index contributed by atoms with van der Waals surface area (Å²) in [5.74, 6) is 2.55. The maximum Gasteiger partial charge on any atom is 0.227 e. The Kier molecular flexibility index (Phi) is 6.83. The molecular formula is C25H32N4O3. The number of nitrogens with zero attached hydrogens (tertiary/aromatic N) is 4. The van der Waals surface area contributed by atoms with Gasteiger partial charge in [0.05, 0.1) is 30.7 Å². The van der Waals surface area contributed by atoms with Crippen molar-refractivity contribution in [2.75, 3.05) is 44.3 Å². The van der Waals surface area contributed by atoms with E-state index in [1.165, 1.54) is 0 Å². The first kappa shape index (κ1) is 22.0. The van der Waals surface area contributed by atoms with Gasteiger partial charge in [0.25, 0.3) is 0 Å². The van der Waals surface area contributed by atoms with Crippen LogP contribution in [0.1, 0.15) is 26.3 Å². The Morgan fingerprint density at radius 2 is 1.66 bits per heavy atom. The van der Waals surface area contributed by atoms with Crippen molar-refractivity contribution in [3.8, 4) is 11.5 Å². The zero-order valence-corrected chi connectivity index (χ0v) is 19.2. The molecule has 0 bridgehead atoms. The number of rotatable bonds is 8. The van der Waals surface area contributed by atoms with Crippen molar-refractivity contribution in [3.63, 3.8) is 0 Å². The number of anilines is 1. The summed E-state index contributed by atoms with van der Waals surface area (Å²) in [6.07, 6.45) is 0.361. The largest absolute Gasteiger partial charge is 0.490 e. The number of aromatic nitrogens is 2. The minimum absolute atomic E-state index is 0.139. The van der Waals surface area contributed by atoms with Crippen LogP contribution in [0.5, 0.6) is 11.5 Å². The second kappa shape index (κ2) is 9.94. The van der Waals surface area contributed by atoms with E-state index in [0.29, 0.717) is 38.5 Å². The lowest BCUT2D eigenvalue weighted by Gasteiger charge is -2.35. The summed E-state index contributed by atoms with van der Waals surface area (Å²) in [5, 5.41) is 0. The summed E-state index contributed by atoms with van der Waals surface area (Å²) in [7, 11) is 0. The minimum Gasteiger partial charge on any atom is -0.490 e. The van der Waals surface area contributed by atoms with Gasteiger partial charge < -0.3 is 23.8 Å². The topological polar surface area (TPSA) is 59.8 Å². The zero-order valence-electron chi connectivity index (χ0n) is 19.2. The number of aryl methyl sites for hydroxylation is 1. The van der Waals surface area contributed by atoms with E-state index < -0.39 is 0 Å². The summed E-state index contributed by atoms with van der Waals surface area (Å²) < 4.78 is 13.6. The third-order valence-electron chi connectivity index (χ3n) is 5.83. The van der Waals surface area contributed by atoms with Crippen molar-refractivity contribution in [2.24, 2.45) is 0 Å². The number of carbonyl (C=O) groups is 1. The highest BCUT2D eigenvalue weighted by atomic mass is 16.5. The molecule has 3 aromatic rings. The maximum atomic E-state index is 13.0. The second-order valence-corrected chi connectivity index (χ2v) is 7.84. The second-order valence-electron chi connectivity index (χ2n) is 7.84. The lowest BCUT2D eigenvalue weighted by atomic mass is 10.1. The number of para-hydroxylation sites is 2.